The number of halogens is 2. The van der Waals surface area contributed by atoms with E-state index in [4.69, 9.17) is 5.26 Å². The van der Waals surface area contributed by atoms with Gasteiger partial charge in [-0.05, 0) is 30.3 Å². The highest BCUT2D eigenvalue weighted by Crippen LogP contribution is 2.29. The van der Waals surface area contributed by atoms with Gasteiger partial charge in [0.1, 0.15) is 5.01 Å². The molecule has 0 radical (unpaired) electrons. The van der Waals surface area contributed by atoms with E-state index in [-0.39, 0.29) is 0 Å². The van der Waals surface area contributed by atoms with Crippen molar-refractivity contribution in [1.29, 1.82) is 5.26 Å². The molecule has 0 saturated carbocycles. The molecule has 0 unspecified atom stereocenters. The van der Waals surface area contributed by atoms with Crippen molar-refractivity contribution >= 4 is 11.3 Å². The first-order chi connectivity index (χ1) is 10.2. The van der Waals surface area contributed by atoms with Crippen LogP contribution in [0, 0.1) is 23.0 Å². The van der Waals surface area contributed by atoms with Crippen molar-refractivity contribution in [1.82, 2.24) is 4.98 Å². The van der Waals surface area contributed by atoms with Crippen molar-refractivity contribution in [2.75, 3.05) is 0 Å². The molecule has 0 N–H and O–H groups in total. The third kappa shape index (κ3) is 2.67. The Kier molecular flexibility index (Phi) is 3.46. The molecule has 0 saturated heterocycles. The molecular formula is C16H8F2N2S. The summed E-state index contributed by atoms with van der Waals surface area (Å²) in [7, 11) is 0. The summed E-state index contributed by atoms with van der Waals surface area (Å²) in [5.74, 6) is -1.77. The lowest BCUT2D eigenvalue weighted by Crippen LogP contribution is -1.85. The van der Waals surface area contributed by atoms with Crippen LogP contribution < -0.4 is 0 Å². The van der Waals surface area contributed by atoms with Crippen molar-refractivity contribution in [2.24, 2.45) is 0 Å². The molecule has 0 aliphatic carbocycles. The summed E-state index contributed by atoms with van der Waals surface area (Å²) in [6.45, 7) is 0. The third-order valence-corrected chi connectivity index (χ3v) is 3.85. The molecule has 2 nitrogen and oxygen atoms in total. The van der Waals surface area contributed by atoms with Gasteiger partial charge in [-0.3, -0.25) is 0 Å². The molecule has 0 spiro atoms. The van der Waals surface area contributed by atoms with E-state index < -0.39 is 11.6 Å². The minimum atomic E-state index is -0.893. The van der Waals surface area contributed by atoms with Crippen molar-refractivity contribution in [2.45, 2.75) is 0 Å². The fourth-order valence-corrected chi connectivity index (χ4v) is 2.74. The van der Waals surface area contributed by atoms with Crippen LogP contribution in [0.1, 0.15) is 5.56 Å². The van der Waals surface area contributed by atoms with E-state index in [1.54, 1.807) is 18.2 Å². The van der Waals surface area contributed by atoms with Gasteiger partial charge in [0.05, 0.1) is 17.3 Å². The Labute approximate surface area is 123 Å². The summed E-state index contributed by atoms with van der Waals surface area (Å²) >= 11 is 1.34. The van der Waals surface area contributed by atoms with Crippen molar-refractivity contribution in [3.63, 3.8) is 0 Å². The molecule has 3 aromatic rings. The highest BCUT2D eigenvalue weighted by atomic mass is 32.1. The van der Waals surface area contributed by atoms with Gasteiger partial charge >= 0.3 is 0 Å². The molecule has 0 aliphatic heterocycles. The molecule has 21 heavy (non-hydrogen) atoms. The van der Waals surface area contributed by atoms with Crippen LogP contribution >= 0.6 is 11.3 Å². The second kappa shape index (κ2) is 5.43. The molecular weight excluding hydrogens is 290 g/mol. The summed E-state index contributed by atoms with van der Waals surface area (Å²) in [5.41, 5.74) is 2.60. The summed E-state index contributed by atoms with van der Waals surface area (Å²) in [4.78, 5) is 4.42. The lowest BCUT2D eigenvalue weighted by Gasteiger charge is -1.98. The molecule has 0 fully saturated rings. The highest BCUT2D eigenvalue weighted by Gasteiger charge is 2.10. The zero-order chi connectivity index (χ0) is 14.8. The smallest absolute Gasteiger partial charge is 0.159 e. The molecule has 2 aromatic carbocycles. The minimum absolute atomic E-state index is 0.529. The van der Waals surface area contributed by atoms with Gasteiger partial charge in [-0.15, -0.1) is 11.3 Å². The van der Waals surface area contributed by atoms with Crippen LogP contribution in [-0.4, -0.2) is 4.98 Å². The first kappa shape index (κ1) is 13.4. The zero-order valence-electron chi connectivity index (χ0n) is 10.7. The Bertz CT molecular complexity index is 849. The molecule has 0 amide bonds. The Balaban J connectivity index is 1.99. The monoisotopic (exact) mass is 298 g/mol. The van der Waals surface area contributed by atoms with Gasteiger partial charge in [-0.25, -0.2) is 13.8 Å². The predicted molar refractivity (Wildman–Crippen MR) is 77.6 cm³/mol. The van der Waals surface area contributed by atoms with E-state index in [0.717, 1.165) is 17.7 Å². The quantitative estimate of drug-likeness (QED) is 0.691. The molecule has 3 rings (SSSR count). The van der Waals surface area contributed by atoms with Gasteiger partial charge in [0, 0.05) is 16.5 Å². The van der Waals surface area contributed by atoms with Crippen LogP contribution in [0.25, 0.3) is 21.8 Å². The lowest BCUT2D eigenvalue weighted by molar-refractivity contribution is 0.509. The Morgan fingerprint density at radius 2 is 1.86 bits per heavy atom. The number of thiazole rings is 1. The highest BCUT2D eigenvalue weighted by molar-refractivity contribution is 7.13. The van der Waals surface area contributed by atoms with E-state index in [2.05, 4.69) is 11.1 Å². The lowest BCUT2D eigenvalue weighted by atomic mass is 10.1. The number of benzene rings is 2. The minimum Gasteiger partial charge on any atom is -0.236 e. The maximum atomic E-state index is 13.3. The molecule has 0 bridgehead atoms. The van der Waals surface area contributed by atoms with E-state index >= 15 is 0 Å². The van der Waals surface area contributed by atoms with Crippen LogP contribution in [0.15, 0.2) is 47.8 Å². The van der Waals surface area contributed by atoms with Crippen LogP contribution in [0.3, 0.4) is 0 Å². The SMILES string of the molecule is N#Cc1cccc(-c2csc(-c3ccc(F)c(F)c3)n2)c1. The predicted octanol–water partition coefficient (Wildman–Crippen LogP) is 4.63. The van der Waals surface area contributed by atoms with E-state index in [9.17, 15) is 8.78 Å². The van der Waals surface area contributed by atoms with E-state index in [1.807, 2.05) is 11.4 Å². The number of nitrogens with zero attached hydrogens (tertiary/aromatic N) is 2. The van der Waals surface area contributed by atoms with Gasteiger partial charge < -0.3 is 0 Å². The molecule has 102 valence electrons. The van der Waals surface area contributed by atoms with Crippen LogP contribution in [-0.2, 0) is 0 Å². The summed E-state index contributed by atoms with van der Waals surface area (Å²) in [5, 5.41) is 11.3. The molecule has 1 aromatic heterocycles. The zero-order valence-corrected chi connectivity index (χ0v) is 11.5. The Hall–Kier alpha value is -2.58. The van der Waals surface area contributed by atoms with Gasteiger partial charge in [0.25, 0.3) is 0 Å². The maximum Gasteiger partial charge on any atom is 0.159 e. The van der Waals surface area contributed by atoms with Crippen molar-refractivity contribution < 1.29 is 8.78 Å². The molecule has 5 heteroatoms. The average Bonchev–Trinajstić information content (AvgIpc) is 3.00. The molecule has 1 heterocycles. The topological polar surface area (TPSA) is 36.7 Å². The first-order valence-electron chi connectivity index (χ1n) is 6.09. The van der Waals surface area contributed by atoms with Crippen LogP contribution in [0.4, 0.5) is 8.78 Å². The number of hydrogen-bond acceptors (Lipinski definition) is 3. The van der Waals surface area contributed by atoms with Crippen LogP contribution in [0.2, 0.25) is 0 Å². The molecule has 0 atom stereocenters. The number of nitriles is 1. The second-order valence-electron chi connectivity index (χ2n) is 4.36. The van der Waals surface area contributed by atoms with E-state index in [0.29, 0.717) is 21.8 Å². The summed E-state index contributed by atoms with van der Waals surface area (Å²) < 4.78 is 26.2. The molecule has 0 aliphatic rings. The Morgan fingerprint density at radius 1 is 1.00 bits per heavy atom. The summed E-state index contributed by atoms with van der Waals surface area (Å²) in [6.07, 6.45) is 0. The number of aromatic nitrogens is 1. The third-order valence-electron chi connectivity index (χ3n) is 2.96. The summed E-state index contributed by atoms with van der Waals surface area (Å²) in [6, 6.07) is 12.9. The van der Waals surface area contributed by atoms with Gasteiger partial charge in [-0.1, -0.05) is 12.1 Å². The number of hydrogen-bond donors (Lipinski definition) is 0. The van der Waals surface area contributed by atoms with Crippen molar-refractivity contribution in [3.8, 4) is 27.9 Å². The second-order valence-corrected chi connectivity index (χ2v) is 5.22. The van der Waals surface area contributed by atoms with E-state index in [1.165, 1.54) is 17.4 Å². The average molecular weight is 298 g/mol. The number of rotatable bonds is 2. The standard InChI is InChI=1S/C16H8F2N2S/c17-13-5-4-12(7-14(13)18)16-20-15(9-21-16)11-3-1-2-10(6-11)8-19/h1-7,9H. The largest absolute Gasteiger partial charge is 0.236 e. The van der Waals surface area contributed by atoms with Gasteiger partial charge in [-0.2, -0.15) is 5.26 Å². The maximum absolute atomic E-state index is 13.3. The normalized spacial score (nSPS) is 10.3. The fourth-order valence-electron chi connectivity index (χ4n) is 1.92. The Morgan fingerprint density at radius 3 is 2.62 bits per heavy atom. The first-order valence-corrected chi connectivity index (χ1v) is 6.97. The fraction of sp³-hybridized carbons (Fsp3) is 0. The van der Waals surface area contributed by atoms with Crippen molar-refractivity contribution in [3.05, 3.63) is 65.0 Å². The van der Waals surface area contributed by atoms with Gasteiger partial charge in [0.15, 0.2) is 11.6 Å². The van der Waals surface area contributed by atoms with Crippen LogP contribution in [0.5, 0.6) is 0 Å². The van der Waals surface area contributed by atoms with Gasteiger partial charge in [0.2, 0.25) is 0 Å².